The normalized spacial score (nSPS) is 21.7. The molecule has 10 heteroatoms. The van der Waals surface area contributed by atoms with Crippen molar-refractivity contribution in [2.24, 2.45) is 5.92 Å². The molecule has 2 saturated heterocycles. The van der Waals surface area contributed by atoms with Gasteiger partial charge in [-0.1, -0.05) is 66.5 Å². The van der Waals surface area contributed by atoms with Crippen LogP contribution in [0.25, 0.3) is 33.6 Å². The van der Waals surface area contributed by atoms with Crippen molar-refractivity contribution in [1.82, 2.24) is 25.5 Å². The quantitative estimate of drug-likeness (QED) is 0.186. The Balaban J connectivity index is 1.10. The molecule has 2 aliphatic heterocycles. The van der Waals surface area contributed by atoms with Crippen LogP contribution in [0, 0.1) is 5.92 Å². The molecular weight excluding hydrogens is 657 g/mol. The van der Waals surface area contributed by atoms with E-state index in [0.717, 1.165) is 96.9 Å². The van der Waals surface area contributed by atoms with Gasteiger partial charge in [0.15, 0.2) is 0 Å². The maximum Gasteiger partial charge on any atom is 0.220 e. The first-order valence-corrected chi connectivity index (χ1v) is 18.1. The van der Waals surface area contributed by atoms with E-state index in [0.29, 0.717) is 34.3 Å². The number of halogens is 2. The number of ether oxygens (including phenoxy) is 2. The third-order valence-electron chi connectivity index (χ3n) is 10.7. The van der Waals surface area contributed by atoms with Gasteiger partial charge >= 0.3 is 0 Å². The Hall–Kier alpha value is -3.69. The Kier molecular flexibility index (Phi) is 8.77. The second-order valence-corrected chi connectivity index (χ2v) is 14.7. The molecule has 1 amide bonds. The first kappa shape index (κ1) is 32.5. The van der Waals surface area contributed by atoms with E-state index in [1.807, 2.05) is 36.4 Å². The average Bonchev–Trinajstić information content (AvgIpc) is 3.83. The lowest BCUT2D eigenvalue weighted by atomic mass is 9.96. The van der Waals surface area contributed by atoms with E-state index in [4.69, 9.17) is 42.6 Å². The summed E-state index contributed by atoms with van der Waals surface area (Å²) in [7, 11) is 3.37. The van der Waals surface area contributed by atoms with Gasteiger partial charge < -0.3 is 20.1 Å². The molecule has 4 aliphatic rings. The zero-order valence-electron chi connectivity index (χ0n) is 28.1. The molecule has 0 spiro atoms. The largest absolute Gasteiger partial charge is 0.481 e. The highest BCUT2D eigenvalue weighted by Gasteiger charge is 2.37. The van der Waals surface area contributed by atoms with Crippen LogP contribution in [0.5, 0.6) is 11.8 Å². The van der Waals surface area contributed by atoms with Crippen molar-refractivity contribution in [2.75, 3.05) is 33.9 Å². The van der Waals surface area contributed by atoms with Crippen LogP contribution in [0.3, 0.4) is 0 Å². The van der Waals surface area contributed by atoms with Crippen molar-refractivity contribution in [3.05, 3.63) is 80.8 Å². The van der Waals surface area contributed by atoms with Crippen molar-refractivity contribution in [2.45, 2.75) is 63.6 Å². The maximum atomic E-state index is 11.7. The number of pyridine rings is 2. The third-order valence-corrected chi connectivity index (χ3v) is 11.6. The number of nitrogens with one attached hydrogen (secondary N) is 2. The van der Waals surface area contributed by atoms with E-state index in [9.17, 15) is 4.79 Å². The number of nitrogens with zero attached hydrogens (tertiary/aromatic N) is 3. The Morgan fingerprint density at radius 2 is 1.39 bits per heavy atom. The fraction of sp³-hybridized carbons (Fsp3) is 0.410. The van der Waals surface area contributed by atoms with E-state index < -0.39 is 0 Å². The molecule has 0 bridgehead atoms. The summed E-state index contributed by atoms with van der Waals surface area (Å²) in [4.78, 5) is 24.2. The molecule has 4 heterocycles. The molecule has 3 atom stereocenters. The van der Waals surface area contributed by atoms with Gasteiger partial charge in [-0.05, 0) is 61.3 Å². The van der Waals surface area contributed by atoms with Gasteiger partial charge in [0.05, 0.1) is 35.7 Å². The van der Waals surface area contributed by atoms with Crippen molar-refractivity contribution in [3.63, 3.8) is 0 Å². The lowest BCUT2D eigenvalue weighted by molar-refractivity contribution is -0.119. The van der Waals surface area contributed by atoms with Gasteiger partial charge in [0.2, 0.25) is 17.7 Å². The van der Waals surface area contributed by atoms with Gasteiger partial charge in [0.1, 0.15) is 0 Å². The monoisotopic (exact) mass is 697 g/mol. The highest BCUT2D eigenvalue weighted by Crippen LogP contribution is 2.47. The molecule has 4 aromatic rings. The van der Waals surface area contributed by atoms with Crippen molar-refractivity contribution in [3.8, 4) is 45.4 Å². The molecule has 3 unspecified atom stereocenters. The number of hydrogen-bond donors (Lipinski definition) is 2. The summed E-state index contributed by atoms with van der Waals surface area (Å²) in [6.45, 7) is 5.27. The van der Waals surface area contributed by atoms with Crippen LogP contribution in [0.1, 0.15) is 66.9 Å². The zero-order chi connectivity index (χ0) is 33.8. The second kappa shape index (κ2) is 13.2. The summed E-state index contributed by atoms with van der Waals surface area (Å²) in [6.07, 6.45) is 5.37. The van der Waals surface area contributed by atoms with Gasteiger partial charge in [-0.2, -0.15) is 0 Å². The number of rotatable bonds is 9. The van der Waals surface area contributed by atoms with E-state index in [2.05, 4.69) is 34.6 Å². The molecule has 2 aliphatic carbocycles. The summed E-state index contributed by atoms with van der Waals surface area (Å²) in [5, 5.41) is 7.86. The van der Waals surface area contributed by atoms with Crippen LogP contribution in [-0.2, 0) is 17.6 Å². The molecule has 0 radical (unpaired) electrons. The molecule has 2 aromatic heterocycles. The number of benzene rings is 2. The van der Waals surface area contributed by atoms with Crippen molar-refractivity contribution < 1.29 is 14.3 Å². The molecule has 254 valence electrons. The summed E-state index contributed by atoms with van der Waals surface area (Å²) in [5.74, 6) is 2.15. The summed E-state index contributed by atoms with van der Waals surface area (Å²) in [5.41, 5.74) is 9.66. The summed E-state index contributed by atoms with van der Waals surface area (Å²) >= 11 is 14.5. The van der Waals surface area contributed by atoms with Gasteiger partial charge in [-0.15, -0.1) is 0 Å². The number of amides is 1. The number of likely N-dealkylation sites (tertiary alicyclic amines) is 1. The molecule has 8 nitrogen and oxygen atoms in total. The van der Waals surface area contributed by atoms with Crippen molar-refractivity contribution in [1.29, 1.82) is 0 Å². The predicted molar refractivity (Wildman–Crippen MR) is 193 cm³/mol. The smallest absolute Gasteiger partial charge is 0.220 e. The molecule has 2 fully saturated rings. The van der Waals surface area contributed by atoms with Crippen LogP contribution in [-0.4, -0.2) is 60.7 Å². The topological polar surface area (TPSA) is 88.6 Å². The number of aryl methyl sites for hydroxylation is 2. The van der Waals surface area contributed by atoms with Crippen LogP contribution < -0.4 is 20.1 Å². The molecular formula is C39H41Cl2N5O3. The molecule has 49 heavy (non-hydrogen) atoms. The molecule has 0 saturated carbocycles. The van der Waals surface area contributed by atoms with Gasteiger partial charge in [0.25, 0.3) is 0 Å². The molecule has 2 N–H and O–H groups in total. The fourth-order valence-corrected chi connectivity index (χ4v) is 8.99. The minimum atomic E-state index is 0.115. The van der Waals surface area contributed by atoms with Crippen LogP contribution in [0.2, 0.25) is 10.0 Å². The number of carbonyl (C=O) groups excluding carboxylic acids is 1. The van der Waals surface area contributed by atoms with Gasteiger partial charge in [0, 0.05) is 77.6 Å². The number of aromatic nitrogens is 2. The first-order chi connectivity index (χ1) is 23.8. The Morgan fingerprint density at radius 1 is 0.816 bits per heavy atom. The Bertz CT molecular complexity index is 1940. The molecule has 2 aromatic carbocycles. The van der Waals surface area contributed by atoms with Gasteiger partial charge in [-0.3, -0.25) is 9.69 Å². The maximum absolute atomic E-state index is 11.7. The number of carbonyl (C=O) groups is 1. The van der Waals surface area contributed by atoms with E-state index >= 15 is 0 Å². The second-order valence-electron chi connectivity index (χ2n) is 13.9. The lowest BCUT2D eigenvalue weighted by Crippen LogP contribution is -2.46. The standard InChI is InChI=1S/C39H41Cl2N5O3/c1-21-19-46(20-21)32-14-11-23-17-31(45-39(49-3)35(23)32)28-9-5-7-26(37(28)41)25-6-4-8-27(36(25)40)30-16-22-10-13-29(34(22)38(44-30)48-2)42-18-24-12-15-33(47)43-24/h4-9,16-17,21,24,29,32,42H,10-15,18-20H2,1-3H3,(H,43,47). The van der Waals surface area contributed by atoms with E-state index in [1.54, 1.807) is 14.2 Å². The first-order valence-electron chi connectivity index (χ1n) is 17.3. The fourth-order valence-electron chi connectivity index (χ4n) is 8.34. The zero-order valence-corrected chi connectivity index (χ0v) is 29.6. The number of methoxy groups -OCH3 is 2. The number of hydrogen-bond acceptors (Lipinski definition) is 7. The average molecular weight is 699 g/mol. The molecule has 8 rings (SSSR count). The summed E-state index contributed by atoms with van der Waals surface area (Å²) in [6, 6.07) is 17.0. The Morgan fingerprint density at radius 3 is 1.96 bits per heavy atom. The minimum absolute atomic E-state index is 0.115. The van der Waals surface area contributed by atoms with Crippen molar-refractivity contribution >= 4 is 29.1 Å². The predicted octanol–water partition coefficient (Wildman–Crippen LogP) is 7.60. The summed E-state index contributed by atoms with van der Waals surface area (Å²) < 4.78 is 11.7. The van der Waals surface area contributed by atoms with Crippen LogP contribution >= 0.6 is 23.2 Å². The Labute approximate surface area is 297 Å². The number of fused-ring (bicyclic) bond motifs is 2. The van der Waals surface area contributed by atoms with E-state index in [1.165, 1.54) is 16.7 Å². The highest BCUT2D eigenvalue weighted by atomic mass is 35.5. The minimum Gasteiger partial charge on any atom is -0.481 e. The van der Waals surface area contributed by atoms with Crippen LogP contribution in [0.15, 0.2) is 48.5 Å². The van der Waals surface area contributed by atoms with E-state index in [-0.39, 0.29) is 18.0 Å². The third kappa shape index (κ3) is 5.86. The van der Waals surface area contributed by atoms with Crippen LogP contribution in [0.4, 0.5) is 0 Å². The van der Waals surface area contributed by atoms with Gasteiger partial charge in [-0.25, -0.2) is 9.97 Å². The SMILES string of the molecule is COc1nc(-c2cccc(-c3cccc(-c4cc5c(c(OC)n4)C(N4CC(C)C4)CC5)c3Cl)c2Cl)cc2c1C(NCC1CCC(=O)N1)CC2. The highest BCUT2D eigenvalue weighted by molar-refractivity contribution is 6.39. The lowest BCUT2D eigenvalue weighted by Gasteiger charge is -2.42.